The van der Waals surface area contributed by atoms with Crippen LogP contribution in [0.3, 0.4) is 0 Å². The van der Waals surface area contributed by atoms with Crippen molar-refractivity contribution in [3.8, 4) is 0 Å². The van der Waals surface area contributed by atoms with Crippen molar-refractivity contribution in [2.75, 3.05) is 0 Å². The van der Waals surface area contributed by atoms with Gasteiger partial charge in [-0.3, -0.25) is 9.78 Å². The topological polar surface area (TPSA) is 50.2 Å². The number of hydrogen-bond acceptors (Lipinski definition) is 2. The van der Waals surface area contributed by atoms with Crippen LogP contribution in [0.1, 0.15) is 18.5 Å². The molecule has 0 amide bonds. The molecular weight excluding hydrogens is 223 g/mol. The Bertz CT molecular complexity index is 439. The minimum Gasteiger partial charge on any atom is -0.481 e. The largest absolute Gasteiger partial charge is 0.481 e. The summed E-state index contributed by atoms with van der Waals surface area (Å²) in [5.74, 6) is -5.38. The molecule has 86 valence electrons. The molecular formula is C10H8F3NO2. The molecule has 0 radical (unpaired) electrons. The van der Waals surface area contributed by atoms with Crippen LogP contribution in [0.4, 0.5) is 13.2 Å². The van der Waals surface area contributed by atoms with Gasteiger partial charge in [0.1, 0.15) is 11.2 Å². The quantitative estimate of drug-likeness (QED) is 0.846. The van der Waals surface area contributed by atoms with Gasteiger partial charge >= 0.3 is 5.97 Å². The third-order valence-corrected chi connectivity index (χ3v) is 2.74. The zero-order valence-electron chi connectivity index (χ0n) is 8.08. The molecule has 0 saturated heterocycles. The number of rotatable bonds is 2. The number of halogens is 3. The van der Waals surface area contributed by atoms with Crippen molar-refractivity contribution in [1.29, 1.82) is 0 Å². The Morgan fingerprint density at radius 1 is 1.44 bits per heavy atom. The summed E-state index contributed by atoms with van der Waals surface area (Å²) in [5.41, 5.74) is -2.29. The van der Waals surface area contributed by atoms with Crippen molar-refractivity contribution in [2.45, 2.75) is 24.2 Å². The number of hydrogen-bond donors (Lipinski definition) is 1. The number of pyridine rings is 1. The maximum Gasteiger partial charge on any atom is 0.316 e. The molecule has 1 fully saturated rings. The van der Waals surface area contributed by atoms with Gasteiger partial charge < -0.3 is 5.11 Å². The van der Waals surface area contributed by atoms with Gasteiger partial charge in [0.05, 0.1) is 5.69 Å². The van der Waals surface area contributed by atoms with Gasteiger partial charge in [-0.25, -0.2) is 13.2 Å². The van der Waals surface area contributed by atoms with E-state index in [0.717, 1.165) is 6.07 Å². The summed E-state index contributed by atoms with van der Waals surface area (Å²) in [7, 11) is 0. The molecule has 0 aliphatic heterocycles. The fourth-order valence-electron chi connectivity index (χ4n) is 1.99. The summed E-state index contributed by atoms with van der Waals surface area (Å²) < 4.78 is 38.9. The van der Waals surface area contributed by atoms with Crippen molar-refractivity contribution >= 4 is 5.97 Å². The molecule has 2 rings (SSSR count). The first kappa shape index (κ1) is 10.9. The zero-order chi connectivity index (χ0) is 12.0. The number of alkyl halides is 2. The van der Waals surface area contributed by atoms with E-state index in [1.165, 1.54) is 12.3 Å². The number of carboxylic acids is 1. The molecule has 3 nitrogen and oxygen atoms in total. The van der Waals surface area contributed by atoms with Gasteiger partial charge in [-0.15, -0.1) is 0 Å². The minimum absolute atomic E-state index is 0.409. The summed E-state index contributed by atoms with van der Waals surface area (Å²) in [5, 5.41) is 8.95. The maximum absolute atomic E-state index is 13.3. The Hall–Kier alpha value is -1.59. The second-order valence-corrected chi connectivity index (χ2v) is 3.93. The Kier molecular flexibility index (Phi) is 2.18. The molecule has 16 heavy (non-hydrogen) atoms. The highest BCUT2D eigenvalue weighted by Crippen LogP contribution is 2.53. The van der Waals surface area contributed by atoms with Gasteiger partial charge in [-0.05, 0) is 12.1 Å². The van der Waals surface area contributed by atoms with Gasteiger partial charge in [-0.2, -0.15) is 0 Å². The monoisotopic (exact) mass is 231 g/mol. The van der Waals surface area contributed by atoms with Gasteiger partial charge in [-0.1, -0.05) is 0 Å². The smallest absolute Gasteiger partial charge is 0.316 e. The van der Waals surface area contributed by atoms with Crippen molar-refractivity contribution < 1.29 is 23.1 Å². The first-order chi connectivity index (χ1) is 7.37. The first-order valence-corrected chi connectivity index (χ1v) is 4.60. The van der Waals surface area contributed by atoms with Gasteiger partial charge in [0.2, 0.25) is 0 Å². The minimum atomic E-state index is -3.05. The third-order valence-electron chi connectivity index (χ3n) is 2.74. The molecule has 0 atom stereocenters. The Balaban J connectivity index is 2.44. The lowest BCUT2D eigenvalue weighted by Gasteiger charge is -2.43. The molecule has 1 heterocycles. The van der Waals surface area contributed by atoms with E-state index in [1.807, 2.05) is 0 Å². The van der Waals surface area contributed by atoms with Crippen molar-refractivity contribution in [3.05, 3.63) is 29.8 Å². The van der Waals surface area contributed by atoms with E-state index < -0.39 is 41.7 Å². The third kappa shape index (κ3) is 1.45. The fraction of sp³-hybridized carbons (Fsp3) is 0.400. The normalized spacial score (nSPS) is 21.2. The Labute approximate surface area is 88.9 Å². The summed E-state index contributed by atoms with van der Waals surface area (Å²) in [6.07, 6.45) is -0.605. The number of carbonyl (C=O) groups is 1. The van der Waals surface area contributed by atoms with Crippen LogP contribution in [0.2, 0.25) is 0 Å². The van der Waals surface area contributed by atoms with E-state index in [9.17, 15) is 18.0 Å². The molecule has 0 unspecified atom stereocenters. The lowest BCUT2D eigenvalue weighted by atomic mass is 9.63. The van der Waals surface area contributed by atoms with Crippen LogP contribution in [0.15, 0.2) is 18.3 Å². The Morgan fingerprint density at radius 3 is 2.50 bits per heavy atom. The van der Waals surface area contributed by atoms with E-state index in [4.69, 9.17) is 5.11 Å². The SMILES string of the molecule is O=C(O)C1(c2ncccc2F)CC(F)(F)C1. The number of aliphatic carboxylic acids is 1. The molecule has 1 aromatic heterocycles. The average Bonchev–Trinajstić information content (AvgIpc) is 2.14. The summed E-state index contributed by atoms with van der Waals surface area (Å²) in [4.78, 5) is 14.6. The second kappa shape index (κ2) is 3.20. The average molecular weight is 231 g/mol. The van der Waals surface area contributed by atoms with Crippen LogP contribution in [-0.4, -0.2) is 22.0 Å². The van der Waals surface area contributed by atoms with Gasteiger partial charge in [0, 0.05) is 19.0 Å². The van der Waals surface area contributed by atoms with Crippen molar-refractivity contribution in [2.24, 2.45) is 0 Å². The van der Waals surface area contributed by atoms with Crippen LogP contribution in [0, 0.1) is 5.82 Å². The molecule has 1 aliphatic carbocycles. The lowest BCUT2D eigenvalue weighted by molar-refractivity contribution is -0.175. The number of nitrogens with zero attached hydrogens (tertiary/aromatic N) is 1. The maximum atomic E-state index is 13.3. The number of carboxylic acid groups (broad SMARTS) is 1. The number of aromatic nitrogens is 1. The molecule has 0 bridgehead atoms. The van der Waals surface area contributed by atoms with E-state index in [1.54, 1.807) is 0 Å². The molecule has 1 aliphatic rings. The molecule has 1 N–H and O–H groups in total. The zero-order valence-corrected chi connectivity index (χ0v) is 8.08. The standard InChI is InChI=1S/C10H8F3NO2/c11-6-2-1-3-14-7(6)9(8(15)16)4-10(12,13)5-9/h1-3H,4-5H2,(H,15,16). The second-order valence-electron chi connectivity index (χ2n) is 3.93. The van der Waals surface area contributed by atoms with E-state index in [0.29, 0.717) is 0 Å². The van der Waals surface area contributed by atoms with Crippen LogP contribution in [0.25, 0.3) is 0 Å². The summed E-state index contributed by atoms with van der Waals surface area (Å²) in [6, 6.07) is 2.30. The van der Waals surface area contributed by atoms with Crippen molar-refractivity contribution in [1.82, 2.24) is 4.98 Å². The molecule has 0 spiro atoms. The van der Waals surface area contributed by atoms with Crippen molar-refractivity contribution in [3.63, 3.8) is 0 Å². The summed E-state index contributed by atoms with van der Waals surface area (Å²) in [6.45, 7) is 0. The predicted octanol–water partition coefficient (Wildman–Crippen LogP) is 1.97. The molecule has 0 aromatic carbocycles. The predicted molar refractivity (Wildman–Crippen MR) is 47.7 cm³/mol. The highest BCUT2D eigenvalue weighted by molar-refractivity contribution is 5.82. The van der Waals surface area contributed by atoms with Crippen LogP contribution in [-0.2, 0) is 10.2 Å². The first-order valence-electron chi connectivity index (χ1n) is 4.60. The highest BCUT2D eigenvalue weighted by atomic mass is 19.3. The lowest BCUT2D eigenvalue weighted by Crippen LogP contribution is -2.55. The van der Waals surface area contributed by atoms with Crippen LogP contribution in [0.5, 0.6) is 0 Å². The fourth-order valence-corrected chi connectivity index (χ4v) is 1.99. The highest BCUT2D eigenvalue weighted by Gasteiger charge is 2.63. The van der Waals surface area contributed by atoms with E-state index >= 15 is 0 Å². The van der Waals surface area contributed by atoms with E-state index in [-0.39, 0.29) is 0 Å². The van der Waals surface area contributed by atoms with Crippen LogP contribution < -0.4 is 0 Å². The van der Waals surface area contributed by atoms with Gasteiger partial charge in [0.15, 0.2) is 0 Å². The molecule has 6 heteroatoms. The Morgan fingerprint density at radius 2 is 2.06 bits per heavy atom. The van der Waals surface area contributed by atoms with E-state index in [2.05, 4.69) is 4.98 Å². The van der Waals surface area contributed by atoms with Crippen LogP contribution >= 0.6 is 0 Å². The van der Waals surface area contributed by atoms with Gasteiger partial charge in [0.25, 0.3) is 5.92 Å². The molecule has 1 aromatic rings. The molecule has 1 saturated carbocycles. The summed E-state index contributed by atoms with van der Waals surface area (Å²) >= 11 is 0.